The number of amides is 2. The molecule has 8 nitrogen and oxygen atoms in total. The minimum Gasteiger partial charge on any atom is -0.477 e. The first-order valence-corrected chi connectivity index (χ1v) is 12.0. The van der Waals surface area contributed by atoms with E-state index < -0.39 is 6.10 Å². The molecule has 186 valence electrons. The Hall–Kier alpha value is -4.72. The first-order valence-electron chi connectivity index (χ1n) is 12.0. The van der Waals surface area contributed by atoms with Crippen LogP contribution in [0.5, 0.6) is 5.75 Å². The summed E-state index contributed by atoms with van der Waals surface area (Å²) in [7, 11) is 0. The molecule has 0 spiro atoms. The number of hydrogen-bond acceptors (Lipinski definition) is 6. The molecule has 1 atom stereocenters. The van der Waals surface area contributed by atoms with Crippen LogP contribution in [-0.4, -0.2) is 34.4 Å². The molecule has 2 heterocycles. The zero-order valence-corrected chi connectivity index (χ0v) is 20.6. The van der Waals surface area contributed by atoms with Crippen molar-refractivity contribution in [1.29, 1.82) is 0 Å². The van der Waals surface area contributed by atoms with Crippen molar-refractivity contribution >= 4 is 29.1 Å². The van der Waals surface area contributed by atoms with Crippen molar-refractivity contribution in [2.24, 2.45) is 0 Å². The second-order valence-corrected chi connectivity index (χ2v) is 8.87. The van der Waals surface area contributed by atoms with Crippen LogP contribution in [0.2, 0.25) is 0 Å². The highest BCUT2D eigenvalue weighted by atomic mass is 16.5. The predicted octanol–water partition coefficient (Wildman–Crippen LogP) is 4.56. The Morgan fingerprint density at radius 2 is 1.65 bits per heavy atom. The molecule has 1 aromatic heterocycles. The molecule has 4 aromatic rings. The second kappa shape index (κ2) is 10.5. The number of benzene rings is 3. The number of carbonyl (C=O) groups is 2. The molecule has 2 N–H and O–H groups in total. The molecular weight excluding hydrogens is 466 g/mol. The van der Waals surface area contributed by atoms with E-state index in [1.165, 1.54) is 0 Å². The number of nitrogens with one attached hydrogen (secondary N) is 2. The van der Waals surface area contributed by atoms with Crippen molar-refractivity contribution in [2.75, 3.05) is 16.8 Å². The standard InChI is InChI=1S/C29H27N5O3/c1-19-15-20(2)32-29(31-19)33-23-12-8-11-22(16-23)28(36)34-18-26(37-25-14-7-6-13-24(25)34)27(35)30-17-21-9-4-3-5-10-21/h3-16,26H,17-18H2,1-2H3,(H,30,35)(H,31,32,33)/t26-/m1/s1. The van der Waals surface area contributed by atoms with Gasteiger partial charge in [-0.25, -0.2) is 9.97 Å². The van der Waals surface area contributed by atoms with Gasteiger partial charge in [0.25, 0.3) is 11.8 Å². The third kappa shape index (κ3) is 5.59. The number of hydrogen-bond donors (Lipinski definition) is 2. The van der Waals surface area contributed by atoms with E-state index in [2.05, 4.69) is 20.6 Å². The molecule has 2 amide bonds. The van der Waals surface area contributed by atoms with Crippen molar-refractivity contribution in [3.8, 4) is 5.75 Å². The summed E-state index contributed by atoms with van der Waals surface area (Å²) in [4.78, 5) is 37.1. The highest BCUT2D eigenvalue weighted by Gasteiger charge is 2.34. The van der Waals surface area contributed by atoms with E-state index in [-0.39, 0.29) is 18.4 Å². The van der Waals surface area contributed by atoms with Crippen molar-refractivity contribution in [3.63, 3.8) is 0 Å². The van der Waals surface area contributed by atoms with Crippen LogP contribution in [0.4, 0.5) is 17.3 Å². The van der Waals surface area contributed by atoms with E-state index in [1.807, 2.05) is 74.5 Å². The van der Waals surface area contributed by atoms with E-state index in [0.29, 0.717) is 35.2 Å². The van der Waals surface area contributed by atoms with Crippen molar-refractivity contribution in [3.05, 3.63) is 107 Å². The summed E-state index contributed by atoms with van der Waals surface area (Å²) >= 11 is 0. The quantitative estimate of drug-likeness (QED) is 0.409. The lowest BCUT2D eigenvalue weighted by Crippen LogP contribution is -2.50. The average molecular weight is 494 g/mol. The van der Waals surface area contributed by atoms with Crippen LogP contribution in [-0.2, 0) is 11.3 Å². The highest BCUT2D eigenvalue weighted by molar-refractivity contribution is 6.08. The monoisotopic (exact) mass is 493 g/mol. The van der Waals surface area contributed by atoms with Crippen LogP contribution < -0.4 is 20.3 Å². The van der Waals surface area contributed by atoms with Crippen LogP contribution in [0.1, 0.15) is 27.3 Å². The maximum absolute atomic E-state index is 13.7. The van der Waals surface area contributed by atoms with E-state index in [1.54, 1.807) is 29.2 Å². The first kappa shape index (κ1) is 24.0. The molecule has 0 saturated heterocycles. The molecule has 0 aliphatic carbocycles. The average Bonchev–Trinajstić information content (AvgIpc) is 2.91. The third-order valence-corrected chi connectivity index (χ3v) is 5.97. The van der Waals surface area contributed by atoms with Gasteiger partial charge in [-0.1, -0.05) is 48.5 Å². The van der Waals surface area contributed by atoms with Gasteiger partial charge >= 0.3 is 0 Å². The molecule has 5 rings (SSSR count). The molecule has 0 bridgehead atoms. The zero-order valence-electron chi connectivity index (χ0n) is 20.6. The Bertz CT molecular complexity index is 1420. The Balaban J connectivity index is 1.36. The summed E-state index contributed by atoms with van der Waals surface area (Å²) < 4.78 is 5.99. The normalized spacial score (nSPS) is 14.3. The van der Waals surface area contributed by atoms with Crippen LogP contribution in [0.15, 0.2) is 84.9 Å². The lowest BCUT2D eigenvalue weighted by molar-refractivity contribution is -0.127. The number of nitrogens with zero attached hydrogens (tertiary/aromatic N) is 3. The lowest BCUT2D eigenvalue weighted by Gasteiger charge is -2.34. The molecular formula is C29H27N5O3. The summed E-state index contributed by atoms with van der Waals surface area (Å²) in [5, 5.41) is 6.10. The van der Waals surface area contributed by atoms with E-state index in [0.717, 1.165) is 17.0 Å². The van der Waals surface area contributed by atoms with Gasteiger partial charge in [0, 0.05) is 29.2 Å². The number of fused-ring (bicyclic) bond motifs is 1. The predicted molar refractivity (Wildman–Crippen MR) is 142 cm³/mol. The number of aryl methyl sites for hydroxylation is 2. The smallest absolute Gasteiger partial charge is 0.263 e. The van der Waals surface area contributed by atoms with Gasteiger partial charge in [-0.05, 0) is 55.8 Å². The third-order valence-electron chi connectivity index (χ3n) is 5.97. The van der Waals surface area contributed by atoms with Gasteiger partial charge in [-0.15, -0.1) is 0 Å². The van der Waals surface area contributed by atoms with Crippen LogP contribution in [0.25, 0.3) is 0 Å². The zero-order chi connectivity index (χ0) is 25.8. The molecule has 1 aliphatic heterocycles. The molecule has 37 heavy (non-hydrogen) atoms. The minimum absolute atomic E-state index is 0.0916. The molecule has 0 unspecified atom stereocenters. The number of ether oxygens (including phenoxy) is 1. The second-order valence-electron chi connectivity index (χ2n) is 8.87. The maximum Gasteiger partial charge on any atom is 0.263 e. The van der Waals surface area contributed by atoms with E-state index in [9.17, 15) is 9.59 Å². The fraction of sp³-hybridized carbons (Fsp3) is 0.172. The topological polar surface area (TPSA) is 96.5 Å². The maximum atomic E-state index is 13.7. The van der Waals surface area contributed by atoms with Gasteiger partial charge in [0.1, 0.15) is 5.75 Å². The minimum atomic E-state index is -0.840. The Kier molecular flexibility index (Phi) is 6.81. The van der Waals surface area contributed by atoms with Gasteiger partial charge in [0.05, 0.1) is 12.2 Å². The van der Waals surface area contributed by atoms with Crippen molar-refractivity contribution < 1.29 is 14.3 Å². The Morgan fingerprint density at radius 1 is 0.919 bits per heavy atom. The van der Waals surface area contributed by atoms with E-state index >= 15 is 0 Å². The molecule has 0 radical (unpaired) electrons. The molecule has 0 fully saturated rings. The summed E-state index contributed by atoms with van der Waals surface area (Å²) in [5.41, 5.74) is 4.46. The Labute approximate surface area is 215 Å². The van der Waals surface area contributed by atoms with Crippen molar-refractivity contribution in [2.45, 2.75) is 26.5 Å². The van der Waals surface area contributed by atoms with Crippen molar-refractivity contribution in [1.82, 2.24) is 15.3 Å². The Morgan fingerprint density at radius 3 is 2.43 bits per heavy atom. The van der Waals surface area contributed by atoms with Gasteiger partial charge in [0.2, 0.25) is 5.95 Å². The SMILES string of the molecule is Cc1cc(C)nc(Nc2cccc(C(=O)N3C[C@H](C(=O)NCc4ccccc4)Oc4ccccc43)c2)n1. The first-order chi connectivity index (χ1) is 18.0. The summed E-state index contributed by atoms with van der Waals surface area (Å²) in [6, 6.07) is 25.9. The van der Waals surface area contributed by atoms with Gasteiger partial charge < -0.3 is 20.3 Å². The number of aromatic nitrogens is 2. The van der Waals surface area contributed by atoms with Gasteiger partial charge in [-0.3, -0.25) is 9.59 Å². The van der Waals surface area contributed by atoms with Crippen LogP contribution >= 0.6 is 0 Å². The van der Waals surface area contributed by atoms with Gasteiger partial charge in [-0.2, -0.15) is 0 Å². The summed E-state index contributed by atoms with van der Waals surface area (Å²) in [6.45, 7) is 4.28. The summed E-state index contributed by atoms with van der Waals surface area (Å²) in [5.74, 6) is 0.439. The number of anilines is 3. The van der Waals surface area contributed by atoms with Crippen LogP contribution in [0.3, 0.4) is 0 Å². The summed E-state index contributed by atoms with van der Waals surface area (Å²) in [6.07, 6.45) is -0.840. The molecule has 8 heteroatoms. The molecule has 0 saturated carbocycles. The lowest BCUT2D eigenvalue weighted by atomic mass is 10.1. The molecule has 1 aliphatic rings. The highest BCUT2D eigenvalue weighted by Crippen LogP contribution is 2.34. The number of para-hydroxylation sites is 2. The largest absolute Gasteiger partial charge is 0.477 e. The fourth-order valence-corrected chi connectivity index (χ4v) is 4.26. The van der Waals surface area contributed by atoms with Crippen LogP contribution in [0, 0.1) is 13.8 Å². The van der Waals surface area contributed by atoms with E-state index in [4.69, 9.17) is 4.74 Å². The fourth-order valence-electron chi connectivity index (χ4n) is 4.26. The number of carbonyl (C=O) groups excluding carboxylic acids is 2. The number of rotatable bonds is 6. The molecule has 3 aromatic carbocycles. The van der Waals surface area contributed by atoms with Gasteiger partial charge in [0.15, 0.2) is 6.10 Å².